The minimum Gasteiger partial charge on any atom is -0.493 e. The van der Waals surface area contributed by atoms with Crippen molar-refractivity contribution in [2.75, 3.05) is 13.7 Å². The fourth-order valence-electron chi connectivity index (χ4n) is 1.83. The highest BCUT2D eigenvalue weighted by Gasteiger charge is 2.18. The summed E-state index contributed by atoms with van der Waals surface area (Å²) in [4.78, 5) is 34.7. The minimum atomic E-state index is -3.00. The number of carbonyl (C=O) groups excluding carboxylic acids is 3. The number of halogens is 2. The van der Waals surface area contributed by atoms with Gasteiger partial charge in [-0.3, -0.25) is 10.1 Å². The summed E-state index contributed by atoms with van der Waals surface area (Å²) in [6.07, 6.45) is 1.19. The van der Waals surface area contributed by atoms with E-state index in [4.69, 9.17) is 9.47 Å². The number of imide groups is 1. The SMILES string of the molecule is CCNC(=O)NC(=O)C(C)OC(=O)/C=C/c1ccc(OC(F)F)c(OC)c1. The number of amides is 3. The Hall–Kier alpha value is -3.17. The van der Waals surface area contributed by atoms with Crippen LogP contribution in [0.15, 0.2) is 24.3 Å². The van der Waals surface area contributed by atoms with E-state index in [2.05, 4.69) is 10.1 Å². The second-order valence-electron chi connectivity index (χ2n) is 5.05. The molecule has 0 fully saturated rings. The summed E-state index contributed by atoms with van der Waals surface area (Å²) in [5, 5.41) is 4.38. The molecule has 1 rings (SSSR count). The van der Waals surface area contributed by atoms with Crippen molar-refractivity contribution in [2.24, 2.45) is 0 Å². The molecule has 3 amide bonds. The van der Waals surface area contributed by atoms with Crippen molar-refractivity contribution in [1.29, 1.82) is 0 Å². The van der Waals surface area contributed by atoms with Gasteiger partial charge in [0.25, 0.3) is 5.91 Å². The van der Waals surface area contributed by atoms with Gasteiger partial charge in [-0.15, -0.1) is 0 Å². The lowest BCUT2D eigenvalue weighted by atomic mass is 10.2. The van der Waals surface area contributed by atoms with Crippen molar-refractivity contribution in [3.05, 3.63) is 29.8 Å². The van der Waals surface area contributed by atoms with E-state index < -0.39 is 30.6 Å². The van der Waals surface area contributed by atoms with Crippen molar-refractivity contribution in [3.8, 4) is 11.5 Å². The molecular weight excluding hydrogens is 366 g/mol. The summed E-state index contributed by atoms with van der Waals surface area (Å²) in [5.74, 6) is -1.71. The first-order valence-corrected chi connectivity index (χ1v) is 7.87. The standard InChI is InChI=1S/C17H20F2N2O6/c1-4-20-17(24)21-15(23)10(2)26-14(22)8-6-11-5-7-12(27-16(18)19)13(9-11)25-3/h5-10,16H,4H2,1-3H3,(H2,20,21,23,24)/b8-6+. The first-order chi connectivity index (χ1) is 12.8. The van der Waals surface area contributed by atoms with Gasteiger partial charge >= 0.3 is 18.6 Å². The predicted molar refractivity (Wildman–Crippen MR) is 91.4 cm³/mol. The molecule has 0 saturated carbocycles. The van der Waals surface area contributed by atoms with Gasteiger partial charge in [-0.1, -0.05) is 6.07 Å². The number of methoxy groups -OCH3 is 1. The molecule has 0 aliphatic rings. The zero-order valence-electron chi connectivity index (χ0n) is 15.0. The van der Waals surface area contributed by atoms with Gasteiger partial charge in [-0.2, -0.15) is 8.78 Å². The van der Waals surface area contributed by atoms with Crippen molar-refractivity contribution in [1.82, 2.24) is 10.6 Å². The fourth-order valence-corrected chi connectivity index (χ4v) is 1.83. The van der Waals surface area contributed by atoms with Crippen LogP contribution in [0, 0.1) is 0 Å². The van der Waals surface area contributed by atoms with Crippen LogP contribution in [0.4, 0.5) is 13.6 Å². The summed E-state index contributed by atoms with van der Waals surface area (Å²) < 4.78 is 38.7. The van der Waals surface area contributed by atoms with Gasteiger partial charge in [0.05, 0.1) is 7.11 Å². The molecule has 0 aliphatic heterocycles. The molecule has 8 nitrogen and oxygen atoms in total. The summed E-state index contributed by atoms with van der Waals surface area (Å²) in [6.45, 7) is 0.321. The Morgan fingerprint density at radius 3 is 2.52 bits per heavy atom. The summed E-state index contributed by atoms with van der Waals surface area (Å²) in [7, 11) is 1.28. The quantitative estimate of drug-likeness (QED) is 0.524. The summed E-state index contributed by atoms with van der Waals surface area (Å²) in [6, 6.07) is 3.37. The van der Waals surface area contributed by atoms with Gasteiger partial charge in [0, 0.05) is 12.6 Å². The number of nitrogens with one attached hydrogen (secondary N) is 2. The van der Waals surface area contributed by atoms with E-state index in [-0.39, 0.29) is 11.5 Å². The molecule has 2 N–H and O–H groups in total. The van der Waals surface area contributed by atoms with E-state index in [0.717, 1.165) is 6.08 Å². The third-order valence-corrected chi connectivity index (χ3v) is 3.05. The molecule has 10 heteroatoms. The average Bonchev–Trinajstić information content (AvgIpc) is 2.60. The number of hydrogen-bond donors (Lipinski definition) is 2. The average molecular weight is 386 g/mol. The molecule has 0 aromatic heterocycles. The topological polar surface area (TPSA) is 103 Å². The van der Waals surface area contributed by atoms with Gasteiger partial charge in [-0.05, 0) is 37.6 Å². The molecule has 0 heterocycles. The van der Waals surface area contributed by atoms with Gasteiger partial charge in [-0.25, -0.2) is 9.59 Å². The number of alkyl halides is 2. The molecule has 0 spiro atoms. The number of carbonyl (C=O) groups is 3. The fraction of sp³-hybridized carbons (Fsp3) is 0.353. The second-order valence-corrected chi connectivity index (χ2v) is 5.05. The van der Waals surface area contributed by atoms with Gasteiger partial charge in [0.1, 0.15) is 0 Å². The minimum absolute atomic E-state index is 0.0560. The number of hydrogen-bond acceptors (Lipinski definition) is 6. The Bertz CT molecular complexity index is 709. The van der Waals surface area contributed by atoms with Crippen LogP contribution in [0.25, 0.3) is 6.08 Å². The maximum absolute atomic E-state index is 12.3. The smallest absolute Gasteiger partial charge is 0.387 e. The molecule has 0 bridgehead atoms. The monoisotopic (exact) mass is 386 g/mol. The number of rotatable bonds is 8. The van der Waals surface area contributed by atoms with E-state index in [0.29, 0.717) is 12.1 Å². The zero-order valence-corrected chi connectivity index (χ0v) is 15.0. The zero-order chi connectivity index (χ0) is 20.4. The number of esters is 1. The van der Waals surface area contributed by atoms with Crippen LogP contribution in [-0.2, 0) is 14.3 Å². The van der Waals surface area contributed by atoms with Gasteiger partial charge in [0.15, 0.2) is 17.6 Å². The lowest BCUT2D eigenvalue weighted by molar-refractivity contribution is -0.149. The van der Waals surface area contributed by atoms with Crippen LogP contribution in [0.2, 0.25) is 0 Å². The normalized spacial score (nSPS) is 11.8. The molecule has 148 valence electrons. The summed E-state index contributed by atoms with van der Waals surface area (Å²) in [5.41, 5.74) is 0.449. The van der Waals surface area contributed by atoms with Crippen LogP contribution in [0.3, 0.4) is 0 Å². The van der Waals surface area contributed by atoms with Crippen molar-refractivity contribution < 1.29 is 37.4 Å². The third kappa shape index (κ3) is 7.72. The van der Waals surface area contributed by atoms with Crippen molar-refractivity contribution >= 4 is 24.0 Å². The van der Waals surface area contributed by atoms with Crippen LogP contribution >= 0.6 is 0 Å². The van der Waals surface area contributed by atoms with Crippen LogP contribution in [0.5, 0.6) is 11.5 Å². The molecule has 1 atom stereocenters. The molecule has 1 unspecified atom stereocenters. The van der Waals surface area contributed by atoms with E-state index in [1.807, 2.05) is 5.32 Å². The van der Waals surface area contributed by atoms with Crippen molar-refractivity contribution in [3.63, 3.8) is 0 Å². The van der Waals surface area contributed by atoms with Crippen LogP contribution in [-0.4, -0.2) is 44.3 Å². The van der Waals surface area contributed by atoms with E-state index >= 15 is 0 Å². The number of ether oxygens (including phenoxy) is 3. The number of urea groups is 1. The summed E-state index contributed by atoms with van der Waals surface area (Å²) >= 11 is 0. The Kier molecular flexibility index (Phi) is 8.70. The maximum Gasteiger partial charge on any atom is 0.387 e. The Morgan fingerprint density at radius 2 is 1.93 bits per heavy atom. The predicted octanol–water partition coefficient (Wildman–Crippen LogP) is 2.09. The molecular formula is C17H20F2N2O6. The Balaban J connectivity index is 2.67. The lowest BCUT2D eigenvalue weighted by Crippen LogP contribution is -2.44. The Morgan fingerprint density at radius 1 is 1.22 bits per heavy atom. The molecule has 0 saturated heterocycles. The van der Waals surface area contributed by atoms with Gasteiger partial charge in [0.2, 0.25) is 0 Å². The molecule has 27 heavy (non-hydrogen) atoms. The lowest BCUT2D eigenvalue weighted by Gasteiger charge is -2.12. The van der Waals surface area contributed by atoms with E-state index in [9.17, 15) is 23.2 Å². The molecule has 0 aliphatic carbocycles. The van der Waals surface area contributed by atoms with Crippen molar-refractivity contribution in [2.45, 2.75) is 26.6 Å². The molecule has 1 aromatic rings. The molecule has 1 aromatic carbocycles. The third-order valence-electron chi connectivity index (χ3n) is 3.05. The van der Waals surface area contributed by atoms with Gasteiger partial charge < -0.3 is 19.5 Å². The van der Waals surface area contributed by atoms with Crippen LogP contribution in [0.1, 0.15) is 19.4 Å². The van der Waals surface area contributed by atoms with E-state index in [1.165, 1.54) is 38.3 Å². The largest absolute Gasteiger partial charge is 0.493 e. The van der Waals surface area contributed by atoms with Crippen LogP contribution < -0.4 is 20.1 Å². The second kappa shape index (κ2) is 10.7. The Labute approximate surface area is 154 Å². The number of benzene rings is 1. The maximum atomic E-state index is 12.3. The van der Waals surface area contributed by atoms with E-state index in [1.54, 1.807) is 6.92 Å². The highest BCUT2D eigenvalue weighted by atomic mass is 19.3. The molecule has 0 radical (unpaired) electrons. The first kappa shape index (κ1) is 21.9. The first-order valence-electron chi connectivity index (χ1n) is 7.87. The highest BCUT2D eigenvalue weighted by molar-refractivity contribution is 5.98. The highest BCUT2D eigenvalue weighted by Crippen LogP contribution is 2.29.